The molecule has 0 aromatic heterocycles. The highest BCUT2D eigenvalue weighted by atomic mass is 35.5. The van der Waals surface area contributed by atoms with E-state index in [9.17, 15) is 13.2 Å². The van der Waals surface area contributed by atoms with Crippen LogP contribution in [0.5, 0.6) is 0 Å². The van der Waals surface area contributed by atoms with Gasteiger partial charge in [0.25, 0.3) is 0 Å². The first-order valence-electron chi connectivity index (χ1n) is 13.1. The molecule has 0 radical (unpaired) electrons. The minimum Gasteiger partial charge on any atom is -0.323 e. The second-order valence-corrected chi connectivity index (χ2v) is 11.9. The molecule has 0 atom stereocenters. The van der Waals surface area contributed by atoms with Gasteiger partial charge in [-0.1, -0.05) is 90.5 Å². The number of sulfonamides is 1. The summed E-state index contributed by atoms with van der Waals surface area (Å²) in [5, 5.41) is 3.31. The van der Waals surface area contributed by atoms with E-state index >= 15 is 0 Å². The summed E-state index contributed by atoms with van der Waals surface area (Å²) >= 11 is 6.13. The van der Waals surface area contributed by atoms with E-state index in [2.05, 4.69) is 34.5 Å². The van der Waals surface area contributed by atoms with E-state index < -0.39 is 10.0 Å². The van der Waals surface area contributed by atoms with Crippen molar-refractivity contribution in [2.45, 2.75) is 10.9 Å². The van der Waals surface area contributed by atoms with Crippen LogP contribution in [-0.2, 0) is 14.8 Å². The normalized spacial score (nSPS) is 14.9. The number of rotatable bonds is 8. The molecule has 1 aliphatic heterocycles. The number of anilines is 1. The van der Waals surface area contributed by atoms with Gasteiger partial charge >= 0.3 is 0 Å². The molecule has 0 bridgehead atoms. The molecule has 1 fully saturated rings. The molecular weight excluding hydrogens is 542 g/mol. The SMILES string of the molecule is O=C(/C=C/c1ccccc1Cl)Nc1ccc(S(=O)(=O)N2CCN(C(c3ccccc3)c3ccccc3)CC2)cc1. The summed E-state index contributed by atoms with van der Waals surface area (Å²) in [4.78, 5) is 14.9. The summed E-state index contributed by atoms with van der Waals surface area (Å²) in [6, 6.07) is 34.2. The van der Waals surface area contributed by atoms with Gasteiger partial charge in [-0.3, -0.25) is 9.69 Å². The fourth-order valence-corrected chi connectivity index (χ4v) is 6.53. The molecule has 6 nitrogen and oxygen atoms in total. The highest BCUT2D eigenvalue weighted by Gasteiger charge is 2.32. The summed E-state index contributed by atoms with van der Waals surface area (Å²) in [6.07, 6.45) is 3.03. The lowest BCUT2D eigenvalue weighted by molar-refractivity contribution is -0.111. The molecule has 204 valence electrons. The van der Waals surface area contributed by atoms with Crippen LogP contribution in [0.3, 0.4) is 0 Å². The van der Waals surface area contributed by atoms with Crippen LogP contribution in [0, 0.1) is 0 Å². The second kappa shape index (κ2) is 12.6. The maximum absolute atomic E-state index is 13.4. The van der Waals surface area contributed by atoms with Crippen molar-refractivity contribution in [1.29, 1.82) is 0 Å². The molecule has 1 amide bonds. The molecule has 0 spiro atoms. The Hall–Kier alpha value is -3.75. The third-order valence-electron chi connectivity index (χ3n) is 6.95. The summed E-state index contributed by atoms with van der Waals surface area (Å²) in [5.41, 5.74) is 3.61. The van der Waals surface area contributed by atoms with Crippen molar-refractivity contribution in [1.82, 2.24) is 9.21 Å². The first-order valence-corrected chi connectivity index (χ1v) is 14.9. The molecule has 0 unspecified atom stereocenters. The fraction of sp³-hybridized carbons (Fsp3) is 0.156. The van der Waals surface area contributed by atoms with E-state index in [1.165, 1.54) is 33.6 Å². The van der Waals surface area contributed by atoms with Crippen molar-refractivity contribution >= 4 is 39.3 Å². The average molecular weight is 572 g/mol. The zero-order valence-electron chi connectivity index (χ0n) is 21.9. The van der Waals surface area contributed by atoms with Gasteiger partial charge in [-0.25, -0.2) is 8.42 Å². The van der Waals surface area contributed by atoms with E-state index in [1.807, 2.05) is 54.6 Å². The summed E-state index contributed by atoms with van der Waals surface area (Å²) in [5.74, 6) is -0.335. The van der Waals surface area contributed by atoms with E-state index in [4.69, 9.17) is 11.6 Å². The topological polar surface area (TPSA) is 69.7 Å². The minimum absolute atomic E-state index is 0.0575. The van der Waals surface area contributed by atoms with Crippen LogP contribution in [0.15, 0.2) is 120 Å². The lowest BCUT2D eigenvalue weighted by Crippen LogP contribution is -2.49. The van der Waals surface area contributed by atoms with Crippen LogP contribution in [0.4, 0.5) is 5.69 Å². The lowest BCUT2D eigenvalue weighted by atomic mass is 9.96. The summed E-state index contributed by atoms with van der Waals surface area (Å²) in [7, 11) is -3.67. The predicted octanol–water partition coefficient (Wildman–Crippen LogP) is 6.09. The number of hydrogen-bond donors (Lipinski definition) is 1. The monoisotopic (exact) mass is 571 g/mol. The van der Waals surface area contributed by atoms with Crippen molar-refractivity contribution in [2.75, 3.05) is 31.5 Å². The molecule has 5 rings (SSSR count). The van der Waals surface area contributed by atoms with Crippen LogP contribution in [0.25, 0.3) is 6.08 Å². The van der Waals surface area contributed by atoms with Gasteiger partial charge in [0.15, 0.2) is 0 Å². The van der Waals surface area contributed by atoms with Crippen molar-refractivity contribution in [3.8, 4) is 0 Å². The third-order valence-corrected chi connectivity index (χ3v) is 9.21. The predicted molar refractivity (Wildman–Crippen MR) is 161 cm³/mol. The van der Waals surface area contributed by atoms with Crippen LogP contribution >= 0.6 is 11.6 Å². The van der Waals surface area contributed by atoms with Crippen LogP contribution < -0.4 is 5.32 Å². The minimum atomic E-state index is -3.67. The fourth-order valence-electron chi connectivity index (χ4n) is 4.91. The molecule has 1 N–H and O–H groups in total. The smallest absolute Gasteiger partial charge is 0.248 e. The molecule has 1 aliphatic rings. The van der Waals surface area contributed by atoms with Crippen LogP contribution in [0.2, 0.25) is 5.02 Å². The van der Waals surface area contributed by atoms with Gasteiger partial charge in [0.2, 0.25) is 15.9 Å². The number of hydrogen-bond acceptors (Lipinski definition) is 4. The first kappa shape index (κ1) is 27.8. The number of piperazine rings is 1. The number of nitrogens with zero attached hydrogens (tertiary/aromatic N) is 2. The average Bonchev–Trinajstić information content (AvgIpc) is 2.99. The second-order valence-electron chi connectivity index (χ2n) is 9.53. The number of halogens is 1. The molecular formula is C32H30ClN3O3S. The maximum atomic E-state index is 13.4. The summed E-state index contributed by atoms with van der Waals surface area (Å²) < 4.78 is 28.4. The van der Waals surface area contributed by atoms with E-state index in [0.29, 0.717) is 36.9 Å². The van der Waals surface area contributed by atoms with Crippen molar-refractivity contribution in [2.24, 2.45) is 0 Å². The van der Waals surface area contributed by atoms with E-state index in [1.54, 1.807) is 24.3 Å². The van der Waals surface area contributed by atoms with Crippen LogP contribution in [-0.4, -0.2) is 49.7 Å². The van der Waals surface area contributed by atoms with Gasteiger partial charge < -0.3 is 5.32 Å². The van der Waals surface area contributed by atoms with Crippen molar-refractivity contribution < 1.29 is 13.2 Å². The molecule has 4 aromatic carbocycles. The Bertz CT molecular complexity index is 1530. The van der Waals surface area contributed by atoms with E-state index in [0.717, 1.165) is 5.56 Å². The largest absolute Gasteiger partial charge is 0.323 e. The Balaban J connectivity index is 1.23. The molecule has 1 heterocycles. The Morgan fingerprint density at radius 1 is 0.750 bits per heavy atom. The summed E-state index contributed by atoms with van der Waals surface area (Å²) in [6.45, 7) is 2.01. The third kappa shape index (κ3) is 6.51. The number of amides is 1. The molecule has 40 heavy (non-hydrogen) atoms. The Morgan fingerprint density at radius 2 is 1.30 bits per heavy atom. The molecule has 0 aliphatic carbocycles. The van der Waals surface area contributed by atoms with Gasteiger partial charge in [-0.2, -0.15) is 4.31 Å². The number of carbonyl (C=O) groups is 1. The molecule has 4 aromatic rings. The standard InChI is InChI=1S/C32H30ClN3O3S/c33-30-14-8-7-9-25(30)15-20-31(37)34-28-16-18-29(19-17-28)40(38,39)36-23-21-35(22-24-36)32(26-10-3-1-4-11-26)27-12-5-2-6-13-27/h1-20,32H,21-24H2,(H,34,37)/b20-15+. The Kier molecular flexibility index (Phi) is 8.77. The Labute approximate surface area is 240 Å². The zero-order valence-corrected chi connectivity index (χ0v) is 23.4. The quantitative estimate of drug-likeness (QED) is 0.260. The van der Waals surface area contributed by atoms with Gasteiger partial charge in [0.1, 0.15) is 0 Å². The molecule has 1 saturated heterocycles. The number of nitrogens with one attached hydrogen (secondary N) is 1. The number of carbonyl (C=O) groups excluding carboxylic acids is 1. The van der Waals surface area contributed by atoms with Crippen LogP contribution in [0.1, 0.15) is 22.7 Å². The van der Waals surface area contributed by atoms with Gasteiger partial charge in [-0.05, 0) is 53.1 Å². The molecule has 8 heteroatoms. The molecule has 0 saturated carbocycles. The highest BCUT2D eigenvalue weighted by molar-refractivity contribution is 7.89. The van der Waals surface area contributed by atoms with Gasteiger partial charge in [0, 0.05) is 43.0 Å². The van der Waals surface area contributed by atoms with Crippen molar-refractivity contribution in [3.63, 3.8) is 0 Å². The maximum Gasteiger partial charge on any atom is 0.248 e. The number of benzene rings is 4. The van der Waals surface area contributed by atoms with Gasteiger partial charge in [-0.15, -0.1) is 0 Å². The van der Waals surface area contributed by atoms with Crippen molar-refractivity contribution in [3.05, 3.63) is 137 Å². The highest BCUT2D eigenvalue weighted by Crippen LogP contribution is 2.30. The van der Waals surface area contributed by atoms with Gasteiger partial charge in [0.05, 0.1) is 10.9 Å². The lowest BCUT2D eigenvalue weighted by Gasteiger charge is -2.39. The Morgan fingerprint density at radius 3 is 1.88 bits per heavy atom. The first-order chi connectivity index (χ1) is 19.4. The van der Waals surface area contributed by atoms with E-state index in [-0.39, 0.29) is 16.8 Å². The zero-order chi connectivity index (χ0) is 28.0.